The van der Waals surface area contributed by atoms with Crippen molar-refractivity contribution in [1.29, 1.82) is 0 Å². The predicted molar refractivity (Wildman–Crippen MR) is 119 cm³/mol. The smallest absolute Gasteiger partial charge is 0.205 e. The average Bonchev–Trinajstić information content (AvgIpc) is 3.32. The van der Waals surface area contributed by atoms with Gasteiger partial charge in [0.25, 0.3) is 0 Å². The van der Waals surface area contributed by atoms with Crippen molar-refractivity contribution < 1.29 is 4.52 Å². The molecule has 1 N–H and O–H groups in total. The lowest BCUT2D eigenvalue weighted by Gasteiger charge is -2.36. The number of anilines is 1. The van der Waals surface area contributed by atoms with Crippen LogP contribution in [-0.2, 0) is 13.0 Å². The molecule has 0 aliphatic carbocycles. The second kappa shape index (κ2) is 10.2. The molecule has 10 heteroatoms. The topological polar surface area (TPSA) is 82.7 Å². The van der Waals surface area contributed by atoms with Crippen LogP contribution in [0.5, 0.6) is 0 Å². The molecule has 1 saturated heterocycles. The summed E-state index contributed by atoms with van der Waals surface area (Å²) in [6.07, 6.45) is 0.882. The normalized spacial score (nSPS) is 15.2. The summed E-state index contributed by atoms with van der Waals surface area (Å²) in [6.45, 7) is 10.5. The van der Waals surface area contributed by atoms with Crippen LogP contribution in [0.15, 0.2) is 15.6 Å². The van der Waals surface area contributed by atoms with Crippen molar-refractivity contribution in [2.24, 2.45) is 4.99 Å². The second-order valence-corrected chi connectivity index (χ2v) is 7.32. The number of hydrogen-bond donors (Lipinski definition) is 1. The summed E-state index contributed by atoms with van der Waals surface area (Å²) in [6, 6.07) is 2.00. The van der Waals surface area contributed by atoms with Gasteiger partial charge in [-0.2, -0.15) is 4.37 Å². The van der Waals surface area contributed by atoms with Gasteiger partial charge in [-0.25, -0.2) is 4.98 Å². The fourth-order valence-electron chi connectivity index (χ4n) is 2.81. The van der Waals surface area contributed by atoms with Gasteiger partial charge in [0.2, 0.25) is 5.13 Å². The molecule has 0 bridgehead atoms. The van der Waals surface area contributed by atoms with Gasteiger partial charge in [0.05, 0.1) is 12.2 Å². The number of rotatable bonds is 5. The van der Waals surface area contributed by atoms with Crippen molar-refractivity contribution in [3.63, 3.8) is 0 Å². The van der Waals surface area contributed by atoms with E-state index >= 15 is 0 Å². The minimum Gasteiger partial charge on any atom is -0.359 e. The summed E-state index contributed by atoms with van der Waals surface area (Å²) in [5, 5.41) is 8.49. The van der Waals surface area contributed by atoms with Crippen molar-refractivity contribution in [2.75, 3.05) is 38.1 Å². The van der Waals surface area contributed by atoms with E-state index in [9.17, 15) is 0 Å². The second-order valence-electron chi connectivity index (χ2n) is 6.59. The van der Waals surface area contributed by atoms with Crippen LogP contribution in [0.2, 0.25) is 0 Å². The largest absolute Gasteiger partial charge is 0.359 e. The molecular weight excluding hydrogens is 477 g/mol. The summed E-state index contributed by atoms with van der Waals surface area (Å²) in [5.41, 5.74) is 0.980. The van der Waals surface area contributed by atoms with Crippen LogP contribution in [0, 0.1) is 0 Å². The SMILES string of the molecule is CCc1nsc(N2CCN(C(=NC)NCc3cc(C(C)C)no3)CC2)n1.I. The fourth-order valence-corrected chi connectivity index (χ4v) is 3.61. The van der Waals surface area contributed by atoms with Gasteiger partial charge < -0.3 is 19.6 Å². The minimum absolute atomic E-state index is 0. The summed E-state index contributed by atoms with van der Waals surface area (Å²) in [5.74, 6) is 3.01. The third-order valence-electron chi connectivity index (χ3n) is 4.42. The Hall–Kier alpha value is -1.43. The molecule has 0 unspecified atom stereocenters. The molecule has 2 aromatic heterocycles. The van der Waals surface area contributed by atoms with Crippen LogP contribution < -0.4 is 10.2 Å². The molecule has 3 heterocycles. The first-order valence-corrected chi connectivity index (χ1v) is 9.86. The third kappa shape index (κ3) is 5.53. The number of nitrogens with zero attached hydrogens (tertiary/aromatic N) is 6. The van der Waals surface area contributed by atoms with Crippen LogP contribution >= 0.6 is 35.5 Å². The number of guanidine groups is 1. The molecule has 150 valence electrons. The summed E-state index contributed by atoms with van der Waals surface area (Å²) in [7, 11) is 1.81. The van der Waals surface area contributed by atoms with Crippen molar-refractivity contribution in [1.82, 2.24) is 24.7 Å². The molecule has 1 aliphatic heterocycles. The molecule has 2 aromatic rings. The van der Waals surface area contributed by atoms with Crippen molar-refractivity contribution >= 4 is 46.6 Å². The van der Waals surface area contributed by atoms with Crippen molar-refractivity contribution in [3.8, 4) is 0 Å². The van der Waals surface area contributed by atoms with E-state index in [0.717, 1.165) is 61.0 Å². The number of aryl methyl sites for hydroxylation is 1. The van der Waals surface area contributed by atoms with E-state index in [-0.39, 0.29) is 24.0 Å². The lowest BCUT2D eigenvalue weighted by molar-refractivity contribution is 0.355. The zero-order valence-electron chi connectivity index (χ0n) is 16.3. The molecule has 8 nitrogen and oxygen atoms in total. The minimum atomic E-state index is 0. The van der Waals surface area contributed by atoms with Gasteiger partial charge >= 0.3 is 0 Å². The molecule has 0 aromatic carbocycles. The molecule has 1 fully saturated rings. The molecule has 0 spiro atoms. The predicted octanol–water partition coefficient (Wildman–Crippen LogP) is 2.73. The van der Waals surface area contributed by atoms with Crippen LogP contribution in [0.1, 0.15) is 44.0 Å². The number of hydrogen-bond acceptors (Lipinski definition) is 7. The van der Waals surface area contributed by atoms with E-state index in [4.69, 9.17) is 4.52 Å². The quantitative estimate of drug-likeness (QED) is 0.380. The van der Waals surface area contributed by atoms with Crippen molar-refractivity contribution in [2.45, 2.75) is 39.7 Å². The fraction of sp³-hybridized carbons (Fsp3) is 0.647. The van der Waals surface area contributed by atoms with E-state index in [2.05, 4.69) is 55.4 Å². The Bertz CT molecular complexity index is 737. The van der Waals surface area contributed by atoms with E-state index in [0.29, 0.717) is 12.5 Å². The third-order valence-corrected chi connectivity index (χ3v) is 5.24. The van der Waals surface area contributed by atoms with E-state index < -0.39 is 0 Å². The zero-order valence-corrected chi connectivity index (χ0v) is 19.5. The van der Waals surface area contributed by atoms with Gasteiger partial charge in [-0.05, 0) is 5.92 Å². The Morgan fingerprint density at radius 3 is 2.63 bits per heavy atom. The van der Waals surface area contributed by atoms with Gasteiger partial charge in [0, 0.05) is 57.2 Å². The monoisotopic (exact) mass is 505 g/mol. The summed E-state index contributed by atoms with van der Waals surface area (Å²) in [4.78, 5) is 13.6. The van der Waals surface area contributed by atoms with Crippen LogP contribution in [0.25, 0.3) is 0 Å². The van der Waals surface area contributed by atoms with E-state index in [1.54, 1.807) is 0 Å². The first kappa shape index (κ1) is 21.9. The highest BCUT2D eigenvalue weighted by Gasteiger charge is 2.22. The van der Waals surface area contributed by atoms with E-state index in [1.807, 2.05) is 13.1 Å². The summed E-state index contributed by atoms with van der Waals surface area (Å²) < 4.78 is 9.77. The number of halogens is 1. The number of aliphatic imine (C=N–C) groups is 1. The maximum absolute atomic E-state index is 5.39. The first-order valence-electron chi connectivity index (χ1n) is 9.09. The molecule has 0 saturated carbocycles. The van der Waals surface area contributed by atoms with Gasteiger partial charge in [0.1, 0.15) is 5.82 Å². The highest BCUT2D eigenvalue weighted by Crippen LogP contribution is 2.19. The molecule has 3 rings (SSSR count). The lowest BCUT2D eigenvalue weighted by Crippen LogP contribution is -2.52. The molecular formula is C17H28IN7OS. The highest BCUT2D eigenvalue weighted by atomic mass is 127. The molecule has 1 aliphatic rings. The standard InChI is InChI=1S/C17H27N7OS.HI/c1-5-15-20-17(26-22-15)24-8-6-23(7-9-24)16(18-4)19-11-13-10-14(12(2)3)21-25-13;/h10,12H,5-9,11H2,1-4H3,(H,18,19);1H. The maximum atomic E-state index is 5.39. The summed E-state index contributed by atoms with van der Waals surface area (Å²) >= 11 is 1.49. The van der Waals surface area contributed by atoms with Crippen LogP contribution in [-0.4, -0.2) is 58.6 Å². The molecule has 0 atom stereocenters. The number of piperazine rings is 1. The van der Waals surface area contributed by atoms with Gasteiger partial charge in [-0.3, -0.25) is 4.99 Å². The Balaban J connectivity index is 0.00000261. The Labute approximate surface area is 181 Å². The maximum Gasteiger partial charge on any atom is 0.205 e. The lowest BCUT2D eigenvalue weighted by atomic mass is 10.1. The van der Waals surface area contributed by atoms with Gasteiger partial charge in [0.15, 0.2) is 11.7 Å². The zero-order chi connectivity index (χ0) is 18.5. The first-order chi connectivity index (χ1) is 12.6. The van der Waals surface area contributed by atoms with Gasteiger partial charge in [-0.1, -0.05) is 25.9 Å². The molecule has 0 radical (unpaired) electrons. The number of aromatic nitrogens is 3. The Kier molecular flexibility index (Phi) is 8.27. The van der Waals surface area contributed by atoms with E-state index in [1.165, 1.54) is 11.5 Å². The number of nitrogens with one attached hydrogen (secondary N) is 1. The Morgan fingerprint density at radius 1 is 1.33 bits per heavy atom. The average molecular weight is 505 g/mol. The molecule has 27 heavy (non-hydrogen) atoms. The Morgan fingerprint density at radius 2 is 2.07 bits per heavy atom. The highest BCUT2D eigenvalue weighted by molar-refractivity contribution is 14.0. The van der Waals surface area contributed by atoms with Crippen molar-refractivity contribution in [3.05, 3.63) is 23.3 Å². The van der Waals surface area contributed by atoms with Crippen LogP contribution in [0.3, 0.4) is 0 Å². The molecule has 0 amide bonds. The van der Waals surface area contributed by atoms with Gasteiger partial charge in [-0.15, -0.1) is 24.0 Å². The van der Waals surface area contributed by atoms with Crippen LogP contribution in [0.4, 0.5) is 5.13 Å².